The van der Waals surface area contributed by atoms with E-state index >= 15 is 0 Å². The molecule has 0 aliphatic heterocycles. The van der Waals surface area contributed by atoms with Crippen LogP contribution in [0.5, 0.6) is 5.75 Å². The third-order valence-electron chi connectivity index (χ3n) is 2.72. The summed E-state index contributed by atoms with van der Waals surface area (Å²) in [6.07, 6.45) is 7.38. The van der Waals surface area contributed by atoms with Crippen molar-refractivity contribution in [3.05, 3.63) is 27.2 Å². The van der Waals surface area contributed by atoms with Crippen LogP contribution in [0.2, 0.25) is 15.1 Å². The van der Waals surface area contributed by atoms with Gasteiger partial charge in [-0.05, 0) is 12.5 Å². The lowest BCUT2D eigenvalue weighted by Crippen LogP contribution is -1.98. The van der Waals surface area contributed by atoms with Gasteiger partial charge < -0.3 is 4.74 Å². The molecule has 1 aromatic carbocycles. The summed E-state index contributed by atoms with van der Waals surface area (Å²) in [5.74, 6) is 0.572. The smallest absolute Gasteiger partial charge is 0.140 e. The Labute approximate surface area is 124 Å². The Kier molecular flexibility index (Phi) is 7.88. The van der Waals surface area contributed by atoms with Crippen molar-refractivity contribution in [3.63, 3.8) is 0 Å². The molecule has 0 fully saturated rings. The molecule has 0 spiro atoms. The molecule has 0 heterocycles. The zero-order chi connectivity index (χ0) is 13.4. The van der Waals surface area contributed by atoms with Crippen LogP contribution in [-0.4, -0.2) is 6.61 Å². The molecule has 0 saturated heterocycles. The molecule has 0 saturated carbocycles. The van der Waals surface area contributed by atoms with Crippen LogP contribution in [0.1, 0.15) is 45.4 Å². The summed E-state index contributed by atoms with van der Waals surface area (Å²) < 4.78 is 5.60. The molecular formula is C14H19Cl3O. The molecule has 0 radical (unpaired) electrons. The SMILES string of the molecule is CCCCCCCCOc1cc(Cl)cc(Cl)c1Cl. The van der Waals surface area contributed by atoms with Gasteiger partial charge in [-0.15, -0.1) is 0 Å². The maximum Gasteiger partial charge on any atom is 0.140 e. The second-order valence-corrected chi connectivity index (χ2v) is 5.54. The predicted octanol–water partition coefficient (Wildman–Crippen LogP) is 6.39. The summed E-state index contributed by atoms with van der Waals surface area (Å²) in [5, 5.41) is 1.41. The molecule has 0 unspecified atom stereocenters. The highest BCUT2D eigenvalue weighted by molar-refractivity contribution is 6.44. The molecule has 18 heavy (non-hydrogen) atoms. The lowest BCUT2D eigenvalue weighted by molar-refractivity contribution is 0.304. The van der Waals surface area contributed by atoms with Gasteiger partial charge in [-0.3, -0.25) is 0 Å². The van der Waals surface area contributed by atoms with Crippen molar-refractivity contribution in [1.29, 1.82) is 0 Å². The molecule has 0 amide bonds. The standard InChI is InChI=1S/C14H19Cl3O/c1-2-3-4-5-6-7-8-18-13-10-11(15)9-12(16)14(13)17/h9-10H,2-8H2,1H3. The van der Waals surface area contributed by atoms with Gasteiger partial charge in [0.15, 0.2) is 0 Å². The van der Waals surface area contributed by atoms with Crippen LogP contribution < -0.4 is 4.74 Å². The van der Waals surface area contributed by atoms with E-state index in [1.54, 1.807) is 12.1 Å². The van der Waals surface area contributed by atoms with E-state index in [9.17, 15) is 0 Å². The molecular weight excluding hydrogens is 291 g/mol. The van der Waals surface area contributed by atoms with E-state index in [0.29, 0.717) is 27.4 Å². The zero-order valence-electron chi connectivity index (χ0n) is 10.6. The highest BCUT2D eigenvalue weighted by Crippen LogP contribution is 2.35. The van der Waals surface area contributed by atoms with E-state index < -0.39 is 0 Å². The number of unbranched alkanes of at least 4 members (excludes halogenated alkanes) is 5. The fraction of sp³-hybridized carbons (Fsp3) is 0.571. The number of halogens is 3. The molecule has 0 N–H and O–H groups in total. The molecule has 4 heteroatoms. The van der Waals surface area contributed by atoms with Crippen molar-refractivity contribution < 1.29 is 4.74 Å². The Morgan fingerprint density at radius 2 is 1.61 bits per heavy atom. The van der Waals surface area contributed by atoms with E-state index in [1.165, 1.54) is 32.1 Å². The fourth-order valence-corrected chi connectivity index (χ4v) is 2.34. The number of rotatable bonds is 8. The van der Waals surface area contributed by atoms with Crippen molar-refractivity contribution in [2.24, 2.45) is 0 Å². The van der Waals surface area contributed by atoms with Crippen LogP contribution in [0.4, 0.5) is 0 Å². The van der Waals surface area contributed by atoms with Gasteiger partial charge in [-0.2, -0.15) is 0 Å². The van der Waals surface area contributed by atoms with E-state index in [2.05, 4.69) is 6.92 Å². The summed E-state index contributed by atoms with van der Waals surface area (Å²) in [5.41, 5.74) is 0. The minimum atomic E-state index is 0.433. The average Bonchev–Trinajstić information content (AvgIpc) is 2.33. The van der Waals surface area contributed by atoms with Crippen LogP contribution in [0, 0.1) is 0 Å². The van der Waals surface area contributed by atoms with Crippen molar-refractivity contribution in [1.82, 2.24) is 0 Å². The van der Waals surface area contributed by atoms with Crippen molar-refractivity contribution in [2.75, 3.05) is 6.61 Å². The van der Waals surface area contributed by atoms with Gasteiger partial charge >= 0.3 is 0 Å². The van der Waals surface area contributed by atoms with E-state index in [0.717, 1.165) is 6.42 Å². The third kappa shape index (κ3) is 5.69. The summed E-state index contributed by atoms with van der Waals surface area (Å²) in [4.78, 5) is 0. The minimum absolute atomic E-state index is 0.433. The summed E-state index contributed by atoms with van der Waals surface area (Å²) >= 11 is 17.8. The highest BCUT2D eigenvalue weighted by Gasteiger charge is 2.07. The maximum absolute atomic E-state index is 6.03. The third-order valence-corrected chi connectivity index (χ3v) is 3.72. The predicted molar refractivity (Wildman–Crippen MR) is 80.3 cm³/mol. The molecule has 0 atom stereocenters. The normalized spacial score (nSPS) is 10.7. The quantitative estimate of drug-likeness (QED) is 0.399. The number of benzene rings is 1. The van der Waals surface area contributed by atoms with Crippen LogP contribution in [0.15, 0.2) is 12.1 Å². The van der Waals surface area contributed by atoms with E-state index in [1.807, 2.05) is 0 Å². The van der Waals surface area contributed by atoms with Crippen LogP contribution in [-0.2, 0) is 0 Å². The van der Waals surface area contributed by atoms with Gasteiger partial charge in [0, 0.05) is 11.1 Å². The van der Waals surface area contributed by atoms with Gasteiger partial charge in [0.1, 0.15) is 10.8 Å². The Morgan fingerprint density at radius 3 is 2.33 bits per heavy atom. The zero-order valence-corrected chi connectivity index (χ0v) is 12.9. The first-order valence-corrected chi connectivity index (χ1v) is 7.56. The molecule has 1 rings (SSSR count). The molecule has 102 valence electrons. The molecule has 1 nitrogen and oxygen atoms in total. The van der Waals surface area contributed by atoms with Crippen molar-refractivity contribution in [2.45, 2.75) is 45.4 Å². The highest BCUT2D eigenvalue weighted by atomic mass is 35.5. The fourth-order valence-electron chi connectivity index (χ4n) is 1.70. The first-order chi connectivity index (χ1) is 8.65. The van der Waals surface area contributed by atoms with Gasteiger partial charge in [-0.1, -0.05) is 73.8 Å². The van der Waals surface area contributed by atoms with Crippen molar-refractivity contribution in [3.8, 4) is 5.75 Å². The topological polar surface area (TPSA) is 9.23 Å². The lowest BCUT2D eigenvalue weighted by Gasteiger charge is -2.09. The first-order valence-electron chi connectivity index (χ1n) is 6.42. The monoisotopic (exact) mass is 308 g/mol. The molecule has 0 aromatic heterocycles. The van der Waals surface area contributed by atoms with Crippen LogP contribution in [0.25, 0.3) is 0 Å². The molecule has 0 aliphatic rings. The van der Waals surface area contributed by atoms with Crippen LogP contribution >= 0.6 is 34.8 Å². The Morgan fingerprint density at radius 1 is 0.944 bits per heavy atom. The van der Waals surface area contributed by atoms with Gasteiger partial charge in [0.2, 0.25) is 0 Å². The second-order valence-electron chi connectivity index (χ2n) is 4.32. The Bertz CT molecular complexity index is 366. The van der Waals surface area contributed by atoms with Gasteiger partial charge in [0.05, 0.1) is 11.6 Å². The number of hydrogen-bond acceptors (Lipinski definition) is 1. The van der Waals surface area contributed by atoms with E-state index in [-0.39, 0.29) is 0 Å². The largest absolute Gasteiger partial charge is 0.492 e. The Hall–Kier alpha value is -0.110. The lowest BCUT2D eigenvalue weighted by atomic mass is 10.1. The van der Waals surface area contributed by atoms with E-state index in [4.69, 9.17) is 39.5 Å². The molecule has 1 aromatic rings. The molecule has 0 aliphatic carbocycles. The molecule has 0 bridgehead atoms. The summed E-state index contributed by atoms with van der Waals surface area (Å²) in [6.45, 7) is 2.87. The average molecular weight is 310 g/mol. The Balaban J connectivity index is 2.27. The number of ether oxygens (including phenoxy) is 1. The van der Waals surface area contributed by atoms with Crippen LogP contribution in [0.3, 0.4) is 0 Å². The van der Waals surface area contributed by atoms with Crippen molar-refractivity contribution >= 4 is 34.8 Å². The number of hydrogen-bond donors (Lipinski definition) is 0. The van der Waals surface area contributed by atoms with Gasteiger partial charge in [-0.25, -0.2) is 0 Å². The minimum Gasteiger partial charge on any atom is -0.492 e. The summed E-state index contributed by atoms with van der Waals surface area (Å²) in [7, 11) is 0. The maximum atomic E-state index is 6.03. The first kappa shape index (κ1) is 15.9. The second kappa shape index (κ2) is 8.90. The van der Waals surface area contributed by atoms with Gasteiger partial charge in [0.25, 0.3) is 0 Å². The summed E-state index contributed by atoms with van der Waals surface area (Å²) in [6, 6.07) is 3.32.